The van der Waals surface area contributed by atoms with E-state index in [4.69, 9.17) is 14.6 Å². The van der Waals surface area contributed by atoms with Gasteiger partial charge in [0.05, 0.1) is 18.7 Å². The molecule has 2 aromatic carbocycles. The Morgan fingerprint density at radius 2 is 2.00 bits per heavy atom. The van der Waals surface area contributed by atoms with E-state index in [2.05, 4.69) is 5.32 Å². The third-order valence-electron chi connectivity index (χ3n) is 4.60. The first-order chi connectivity index (χ1) is 14.0. The highest BCUT2D eigenvalue weighted by atomic mass is 16.5. The Bertz CT molecular complexity index is 914. The lowest BCUT2D eigenvalue weighted by Crippen LogP contribution is -2.32. The predicted molar refractivity (Wildman–Crippen MR) is 105 cm³/mol. The average Bonchev–Trinajstić information content (AvgIpc) is 3.12. The Hall–Kier alpha value is -3.55. The second-order valence-electron chi connectivity index (χ2n) is 6.62. The molecule has 1 fully saturated rings. The molecule has 8 nitrogen and oxygen atoms in total. The molecular weight excluding hydrogens is 376 g/mol. The predicted octanol–water partition coefficient (Wildman–Crippen LogP) is 1.83. The molecule has 0 aliphatic carbocycles. The SMILES string of the molecule is COc1ccccc1N1C[C@@H](C(=O)NCc2cccc(OCC(=O)O)c2)CC1=O. The maximum absolute atomic E-state index is 12.6. The molecule has 1 aliphatic rings. The smallest absolute Gasteiger partial charge is 0.341 e. The topological polar surface area (TPSA) is 105 Å². The van der Waals surface area contributed by atoms with Crippen LogP contribution in [0.5, 0.6) is 11.5 Å². The standard InChI is InChI=1S/C21H22N2O6/c1-28-18-8-3-2-7-17(18)23-12-15(10-19(23)24)21(27)22-11-14-5-4-6-16(9-14)29-13-20(25)26/h2-9,15H,10-13H2,1H3,(H,22,27)(H,25,26)/t15-/m0/s1. The number of nitrogens with zero attached hydrogens (tertiary/aromatic N) is 1. The van der Waals surface area contributed by atoms with E-state index in [-0.39, 0.29) is 31.3 Å². The van der Waals surface area contributed by atoms with E-state index >= 15 is 0 Å². The molecule has 3 rings (SSSR count). The number of carbonyl (C=O) groups is 3. The highest BCUT2D eigenvalue weighted by Crippen LogP contribution is 2.32. The van der Waals surface area contributed by atoms with Gasteiger partial charge in [-0.1, -0.05) is 24.3 Å². The third-order valence-corrected chi connectivity index (χ3v) is 4.60. The summed E-state index contributed by atoms with van der Waals surface area (Å²) in [6.45, 7) is 0.105. The van der Waals surface area contributed by atoms with Crippen molar-refractivity contribution in [1.82, 2.24) is 5.32 Å². The molecule has 2 N–H and O–H groups in total. The summed E-state index contributed by atoms with van der Waals surface area (Å²) in [5.74, 6) is -0.864. The summed E-state index contributed by atoms with van der Waals surface area (Å²) in [6.07, 6.45) is 0.131. The van der Waals surface area contributed by atoms with Gasteiger partial charge < -0.3 is 24.8 Å². The lowest BCUT2D eigenvalue weighted by Gasteiger charge is -2.19. The van der Waals surface area contributed by atoms with Crippen molar-refractivity contribution >= 4 is 23.5 Å². The first-order valence-corrected chi connectivity index (χ1v) is 9.12. The fraction of sp³-hybridized carbons (Fsp3) is 0.286. The number of rotatable bonds is 8. The van der Waals surface area contributed by atoms with Crippen LogP contribution in [0.1, 0.15) is 12.0 Å². The summed E-state index contributed by atoms with van der Waals surface area (Å²) in [5, 5.41) is 11.5. The Labute approximate surface area is 168 Å². The minimum absolute atomic E-state index is 0.126. The van der Waals surface area contributed by atoms with Gasteiger partial charge in [-0.05, 0) is 29.8 Å². The Kier molecular flexibility index (Phi) is 6.33. The van der Waals surface area contributed by atoms with Gasteiger partial charge in [0.25, 0.3) is 0 Å². The van der Waals surface area contributed by atoms with Crippen molar-refractivity contribution in [2.24, 2.45) is 5.92 Å². The van der Waals surface area contributed by atoms with Gasteiger partial charge in [0, 0.05) is 19.5 Å². The largest absolute Gasteiger partial charge is 0.495 e. The van der Waals surface area contributed by atoms with E-state index in [0.29, 0.717) is 17.2 Å². The van der Waals surface area contributed by atoms with E-state index in [0.717, 1.165) is 5.56 Å². The number of aliphatic carboxylic acids is 1. The van der Waals surface area contributed by atoms with Crippen molar-refractivity contribution in [3.05, 3.63) is 54.1 Å². The van der Waals surface area contributed by atoms with Crippen molar-refractivity contribution in [3.63, 3.8) is 0 Å². The molecule has 0 spiro atoms. The van der Waals surface area contributed by atoms with Crippen molar-refractivity contribution in [3.8, 4) is 11.5 Å². The lowest BCUT2D eigenvalue weighted by atomic mass is 10.1. The molecule has 152 valence electrons. The van der Waals surface area contributed by atoms with Crippen LogP contribution < -0.4 is 19.7 Å². The second-order valence-corrected chi connectivity index (χ2v) is 6.62. The molecule has 2 aromatic rings. The van der Waals surface area contributed by atoms with Crippen LogP contribution in [0.15, 0.2) is 48.5 Å². The van der Waals surface area contributed by atoms with Gasteiger partial charge in [-0.3, -0.25) is 9.59 Å². The van der Waals surface area contributed by atoms with E-state index in [1.807, 2.05) is 12.1 Å². The first kappa shape index (κ1) is 20.2. The van der Waals surface area contributed by atoms with Crippen LogP contribution in [-0.2, 0) is 20.9 Å². The Morgan fingerprint density at radius 3 is 2.76 bits per heavy atom. The number of hydrogen-bond donors (Lipinski definition) is 2. The number of methoxy groups -OCH3 is 1. The van der Waals surface area contributed by atoms with Crippen LogP contribution in [0, 0.1) is 5.92 Å². The molecule has 0 saturated carbocycles. The Morgan fingerprint density at radius 1 is 1.21 bits per heavy atom. The van der Waals surface area contributed by atoms with Gasteiger partial charge in [-0.15, -0.1) is 0 Å². The van der Waals surface area contributed by atoms with Crippen LogP contribution in [0.3, 0.4) is 0 Å². The van der Waals surface area contributed by atoms with Gasteiger partial charge in [-0.2, -0.15) is 0 Å². The monoisotopic (exact) mass is 398 g/mol. The lowest BCUT2D eigenvalue weighted by molar-refractivity contribution is -0.139. The quantitative estimate of drug-likeness (QED) is 0.703. The van der Waals surface area contributed by atoms with E-state index in [1.54, 1.807) is 41.3 Å². The van der Waals surface area contributed by atoms with Crippen molar-refractivity contribution in [1.29, 1.82) is 0 Å². The molecule has 1 atom stereocenters. The molecule has 0 aromatic heterocycles. The number of carboxylic acid groups (broad SMARTS) is 1. The molecule has 1 heterocycles. The number of carbonyl (C=O) groups excluding carboxylic acids is 2. The van der Waals surface area contributed by atoms with Gasteiger partial charge in [-0.25, -0.2) is 4.79 Å². The summed E-state index contributed by atoms with van der Waals surface area (Å²) in [7, 11) is 1.54. The normalized spacial score (nSPS) is 15.8. The van der Waals surface area contributed by atoms with E-state index in [9.17, 15) is 14.4 Å². The minimum atomic E-state index is -1.06. The van der Waals surface area contributed by atoms with Crippen molar-refractivity contribution in [2.45, 2.75) is 13.0 Å². The number of nitrogens with one attached hydrogen (secondary N) is 1. The Balaban J connectivity index is 1.59. The summed E-state index contributed by atoms with van der Waals surface area (Å²) in [6, 6.07) is 14.0. The molecule has 29 heavy (non-hydrogen) atoms. The summed E-state index contributed by atoms with van der Waals surface area (Å²) >= 11 is 0. The zero-order valence-corrected chi connectivity index (χ0v) is 16.0. The molecule has 1 aliphatic heterocycles. The fourth-order valence-electron chi connectivity index (χ4n) is 3.19. The summed E-state index contributed by atoms with van der Waals surface area (Å²) in [5.41, 5.74) is 1.42. The molecule has 2 amide bonds. The summed E-state index contributed by atoms with van der Waals surface area (Å²) in [4.78, 5) is 37.2. The van der Waals surface area contributed by atoms with Crippen LogP contribution in [0.2, 0.25) is 0 Å². The molecule has 0 unspecified atom stereocenters. The van der Waals surface area contributed by atoms with Crippen LogP contribution in [0.4, 0.5) is 5.69 Å². The zero-order chi connectivity index (χ0) is 20.8. The van der Waals surface area contributed by atoms with Gasteiger partial charge >= 0.3 is 5.97 Å². The van der Waals surface area contributed by atoms with Crippen LogP contribution >= 0.6 is 0 Å². The number of anilines is 1. The number of para-hydroxylation sites is 2. The fourth-order valence-corrected chi connectivity index (χ4v) is 3.19. The van der Waals surface area contributed by atoms with Crippen LogP contribution in [-0.4, -0.2) is 43.2 Å². The molecule has 0 radical (unpaired) electrons. The molecule has 1 saturated heterocycles. The van der Waals surface area contributed by atoms with Gasteiger partial charge in [0.2, 0.25) is 11.8 Å². The maximum Gasteiger partial charge on any atom is 0.341 e. The maximum atomic E-state index is 12.6. The van der Waals surface area contributed by atoms with Gasteiger partial charge in [0.1, 0.15) is 11.5 Å². The van der Waals surface area contributed by atoms with E-state index in [1.165, 1.54) is 7.11 Å². The zero-order valence-electron chi connectivity index (χ0n) is 16.0. The number of carboxylic acids is 1. The van der Waals surface area contributed by atoms with Gasteiger partial charge in [0.15, 0.2) is 6.61 Å². The number of benzene rings is 2. The highest BCUT2D eigenvalue weighted by molar-refractivity contribution is 6.01. The molecule has 8 heteroatoms. The third kappa shape index (κ3) is 5.04. The molecular formula is C21H22N2O6. The minimum Gasteiger partial charge on any atom is -0.495 e. The number of hydrogen-bond acceptors (Lipinski definition) is 5. The van der Waals surface area contributed by atoms with Crippen molar-refractivity contribution in [2.75, 3.05) is 25.2 Å². The molecule has 0 bridgehead atoms. The van der Waals surface area contributed by atoms with Crippen LogP contribution in [0.25, 0.3) is 0 Å². The number of amides is 2. The first-order valence-electron chi connectivity index (χ1n) is 9.12. The van der Waals surface area contributed by atoms with E-state index < -0.39 is 18.5 Å². The number of ether oxygens (including phenoxy) is 2. The highest BCUT2D eigenvalue weighted by Gasteiger charge is 2.36. The second kappa shape index (κ2) is 9.09. The summed E-state index contributed by atoms with van der Waals surface area (Å²) < 4.78 is 10.4. The van der Waals surface area contributed by atoms with Crippen molar-refractivity contribution < 1.29 is 29.0 Å². The average molecular weight is 398 g/mol.